The van der Waals surface area contributed by atoms with Crippen molar-refractivity contribution in [1.29, 1.82) is 0 Å². The highest BCUT2D eigenvalue weighted by molar-refractivity contribution is 5.78. The van der Waals surface area contributed by atoms with Crippen LogP contribution in [0.15, 0.2) is 30.3 Å². The molecule has 2 saturated heterocycles. The van der Waals surface area contributed by atoms with E-state index in [1.807, 2.05) is 18.2 Å². The Balaban J connectivity index is 1.38. The molecule has 5 heteroatoms. The average molecular weight is 317 g/mol. The van der Waals surface area contributed by atoms with Crippen LogP contribution in [0, 0.1) is 0 Å². The zero-order chi connectivity index (χ0) is 16.1. The highest BCUT2D eigenvalue weighted by Gasteiger charge is 2.25. The number of rotatable bonds is 6. The zero-order valence-corrected chi connectivity index (χ0v) is 13.7. The number of β-amino-alcohol motifs (C(OH)–C–C–N with tert-alkyl or cyclic N) is 1. The van der Waals surface area contributed by atoms with Crippen molar-refractivity contribution in [3.63, 3.8) is 0 Å². The number of anilines is 1. The lowest BCUT2D eigenvalue weighted by atomic mass is 10.0. The monoisotopic (exact) mass is 317 g/mol. The molecule has 2 fully saturated rings. The van der Waals surface area contributed by atoms with Gasteiger partial charge in [0.25, 0.3) is 0 Å². The Labute approximate surface area is 138 Å². The fourth-order valence-corrected chi connectivity index (χ4v) is 3.54. The second kappa shape index (κ2) is 7.79. The van der Waals surface area contributed by atoms with E-state index in [1.54, 1.807) is 4.90 Å². The molecule has 0 aliphatic carbocycles. The molecule has 126 valence electrons. The van der Waals surface area contributed by atoms with Crippen molar-refractivity contribution < 1.29 is 9.90 Å². The quantitative estimate of drug-likeness (QED) is 0.836. The molecule has 0 bridgehead atoms. The van der Waals surface area contributed by atoms with Crippen LogP contribution in [0.2, 0.25) is 0 Å². The third kappa shape index (κ3) is 4.69. The van der Waals surface area contributed by atoms with E-state index in [-0.39, 0.29) is 5.91 Å². The number of nitrogens with one attached hydrogen (secondary N) is 1. The minimum absolute atomic E-state index is 0.190. The summed E-state index contributed by atoms with van der Waals surface area (Å²) < 4.78 is 0. The highest BCUT2D eigenvalue weighted by atomic mass is 16.3. The summed E-state index contributed by atoms with van der Waals surface area (Å²) in [6.45, 7) is 3.95. The van der Waals surface area contributed by atoms with E-state index in [0.29, 0.717) is 25.6 Å². The average Bonchev–Trinajstić information content (AvgIpc) is 2.95. The molecule has 1 unspecified atom stereocenters. The van der Waals surface area contributed by atoms with E-state index in [4.69, 9.17) is 0 Å². The van der Waals surface area contributed by atoms with E-state index in [1.165, 1.54) is 5.69 Å². The van der Waals surface area contributed by atoms with Gasteiger partial charge in [-0.3, -0.25) is 4.79 Å². The van der Waals surface area contributed by atoms with Crippen LogP contribution in [-0.4, -0.2) is 65.7 Å². The van der Waals surface area contributed by atoms with Gasteiger partial charge in [-0.15, -0.1) is 0 Å². The first-order chi connectivity index (χ1) is 11.2. The molecule has 0 saturated carbocycles. The number of aliphatic hydroxyl groups excluding tert-OH is 1. The maximum atomic E-state index is 11.6. The lowest BCUT2D eigenvalue weighted by molar-refractivity contribution is -0.129. The van der Waals surface area contributed by atoms with E-state index < -0.39 is 6.10 Å². The summed E-state index contributed by atoms with van der Waals surface area (Å²) in [4.78, 5) is 15.7. The number of piperidine rings is 1. The Kier molecular flexibility index (Phi) is 5.51. The van der Waals surface area contributed by atoms with Gasteiger partial charge in [-0.1, -0.05) is 18.2 Å². The fourth-order valence-electron chi connectivity index (χ4n) is 3.54. The van der Waals surface area contributed by atoms with Gasteiger partial charge in [0.1, 0.15) is 0 Å². The van der Waals surface area contributed by atoms with Crippen LogP contribution >= 0.6 is 0 Å². The zero-order valence-electron chi connectivity index (χ0n) is 13.7. The van der Waals surface area contributed by atoms with E-state index in [9.17, 15) is 9.90 Å². The lowest BCUT2D eigenvalue weighted by Gasteiger charge is -2.34. The van der Waals surface area contributed by atoms with Crippen molar-refractivity contribution in [2.75, 3.05) is 38.0 Å². The van der Waals surface area contributed by atoms with Crippen molar-refractivity contribution in [2.45, 2.75) is 37.8 Å². The first-order valence-electron chi connectivity index (χ1n) is 8.70. The molecule has 5 nitrogen and oxygen atoms in total. The lowest BCUT2D eigenvalue weighted by Crippen LogP contribution is -2.45. The Hall–Kier alpha value is -1.59. The minimum atomic E-state index is -0.435. The maximum Gasteiger partial charge on any atom is 0.222 e. The minimum Gasteiger partial charge on any atom is -0.390 e. The SMILES string of the molecule is O=C1CCCN1CC(O)CN1CCC(Nc2ccccc2)CC1. The van der Waals surface area contributed by atoms with Gasteiger partial charge in [0.15, 0.2) is 0 Å². The normalized spacial score (nSPS) is 21.6. The fraction of sp³-hybridized carbons (Fsp3) is 0.611. The number of amides is 1. The van der Waals surface area contributed by atoms with Crippen molar-refractivity contribution in [1.82, 2.24) is 9.80 Å². The molecule has 1 aromatic carbocycles. The summed E-state index contributed by atoms with van der Waals surface area (Å²) in [6.07, 6.45) is 3.32. The van der Waals surface area contributed by atoms with E-state index in [2.05, 4.69) is 22.3 Å². The van der Waals surface area contributed by atoms with Crippen molar-refractivity contribution in [2.24, 2.45) is 0 Å². The van der Waals surface area contributed by atoms with Crippen LogP contribution in [0.1, 0.15) is 25.7 Å². The molecule has 0 spiro atoms. The Morgan fingerprint density at radius 3 is 2.52 bits per heavy atom. The number of likely N-dealkylation sites (tertiary alicyclic amines) is 2. The summed E-state index contributed by atoms with van der Waals surface area (Å²) >= 11 is 0. The van der Waals surface area contributed by atoms with Gasteiger partial charge in [-0.25, -0.2) is 0 Å². The summed E-state index contributed by atoms with van der Waals surface area (Å²) in [7, 11) is 0. The third-order valence-electron chi connectivity index (χ3n) is 4.80. The smallest absolute Gasteiger partial charge is 0.222 e. The highest BCUT2D eigenvalue weighted by Crippen LogP contribution is 2.17. The molecule has 0 aromatic heterocycles. The summed E-state index contributed by atoms with van der Waals surface area (Å²) in [6, 6.07) is 10.8. The predicted octanol–water partition coefficient (Wildman–Crippen LogP) is 1.55. The Bertz CT molecular complexity index is 500. The number of carbonyl (C=O) groups is 1. The number of para-hydroxylation sites is 1. The van der Waals surface area contributed by atoms with Crippen LogP contribution in [-0.2, 0) is 4.79 Å². The summed E-state index contributed by atoms with van der Waals surface area (Å²) in [5, 5.41) is 13.8. The number of carbonyl (C=O) groups excluding carboxylic acids is 1. The molecular formula is C18H27N3O2. The van der Waals surface area contributed by atoms with Gasteiger partial charge in [0, 0.05) is 50.9 Å². The standard InChI is InChI=1S/C18H27N3O2/c22-17(14-21-10-4-7-18(21)23)13-20-11-8-16(9-12-20)19-15-5-2-1-3-6-15/h1-3,5-6,16-17,19,22H,4,7-14H2. The first kappa shape index (κ1) is 16.3. The number of benzene rings is 1. The number of hydrogen-bond donors (Lipinski definition) is 2. The van der Waals surface area contributed by atoms with Crippen LogP contribution in [0.25, 0.3) is 0 Å². The summed E-state index contributed by atoms with van der Waals surface area (Å²) in [5.74, 6) is 0.190. The third-order valence-corrected chi connectivity index (χ3v) is 4.80. The molecule has 2 aliphatic heterocycles. The molecule has 1 amide bonds. The maximum absolute atomic E-state index is 11.6. The van der Waals surface area contributed by atoms with Gasteiger partial charge in [0.05, 0.1) is 6.10 Å². The van der Waals surface area contributed by atoms with Gasteiger partial charge in [0.2, 0.25) is 5.91 Å². The first-order valence-corrected chi connectivity index (χ1v) is 8.70. The van der Waals surface area contributed by atoms with Crippen molar-refractivity contribution >= 4 is 11.6 Å². The molecular weight excluding hydrogens is 290 g/mol. The second-order valence-corrected chi connectivity index (χ2v) is 6.68. The molecule has 1 aromatic rings. The molecule has 3 rings (SSSR count). The molecule has 0 radical (unpaired) electrons. The Morgan fingerprint density at radius 1 is 1.13 bits per heavy atom. The van der Waals surface area contributed by atoms with Crippen LogP contribution < -0.4 is 5.32 Å². The summed E-state index contributed by atoms with van der Waals surface area (Å²) in [5.41, 5.74) is 1.18. The molecule has 1 atom stereocenters. The van der Waals surface area contributed by atoms with Gasteiger partial charge in [-0.2, -0.15) is 0 Å². The van der Waals surface area contributed by atoms with Crippen LogP contribution in [0.3, 0.4) is 0 Å². The largest absolute Gasteiger partial charge is 0.390 e. The van der Waals surface area contributed by atoms with E-state index in [0.717, 1.165) is 38.9 Å². The van der Waals surface area contributed by atoms with Crippen LogP contribution in [0.4, 0.5) is 5.69 Å². The molecule has 2 N–H and O–H groups in total. The van der Waals surface area contributed by atoms with Gasteiger partial charge < -0.3 is 20.2 Å². The number of hydrogen-bond acceptors (Lipinski definition) is 4. The molecule has 2 heterocycles. The van der Waals surface area contributed by atoms with Gasteiger partial charge >= 0.3 is 0 Å². The Morgan fingerprint density at radius 2 is 1.87 bits per heavy atom. The van der Waals surface area contributed by atoms with Gasteiger partial charge in [-0.05, 0) is 31.4 Å². The molecule has 23 heavy (non-hydrogen) atoms. The van der Waals surface area contributed by atoms with Crippen molar-refractivity contribution in [3.8, 4) is 0 Å². The number of nitrogens with zero attached hydrogens (tertiary/aromatic N) is 2. The van der Waals surface area contributed by atoms with Crippen LogP contribution in [0.5, 0.6) is 0 Å². The second-order valence-electron chi connectivity index (χ2n) is 6.68. The topological polar surface area (TPSA) is 55.8 Å². The van der Waals surface area contributed by atoms with E-state index >= 15 is 0 Å². The number of aliphatic hydroxyl groups is 1. The predicted molar refractivity (Wildman–Crippen MR) is 91.3 cm³/mol. The molecule has 2 aliphatic rings. The van der Waals surface area contributed by atoms with Crippen molar-refractivity contribution in [3.05, 3.63) is 30.3 Å².